The van der Waals surface area contributed by atoms with E-state index < -0.39 is 0 Å². The number of unbranched alkanes of at least 4 members (excludes halogenated alkanes) is 2. The number of hydrogen-bond donors (Lipinski definition) is 0. The monoisotopic (exact) mass is 486 g/mol. The number of esters is 2. The summed E-state index contributed by atoms with van der Waals surface area (Å²) in [6.45, 7) is 8.69. The van der Waals surface area contributed by atoms with Gasteiger partial charge >= 0.3 is 11.9 Å². The van der Waals surface area contributed by atoms with Crippen molar-refractivity contribution in [2.75, 3.05) is 13.7 Å². The first-order chi connectivity index (χ1) is 16.8. The van der Waals surface area contributed by atoms with E-state index in [0.29, 0.717) is 36.0 Å². The summed E-state index contributed by atoms with van der Waals surface area (Å²) in [5.41, 5.74) is 2.52. The van der Waals surface area contributed by atoms with Gasteiger partial charge in [-0.05, 0) is 72.5 Å². The second-order valence-corrected chi connectivity index (χ2v) is 11.3. The predicted octanol–water partition coefficient (Wildman–Crippen LogP) is 6.54. The average Bonchev–Trinajstić information content (AvgIpc) is 3.14. The van der Waals surface area contributed by atoms with Gasteiger partial charge < -0.3 is 14.2 Å². The summed E-state index contributed by atoms with van der Waals surface area (Å²) in [5, 5.41) is 0. The van der Waals surface area contributed by atoms with E-state index in [1.54, 1.807) is 0 Å². The van der Waals surface area contributed by atoms with E-state index in [-0.39, 0.29) is 24.6 Å². The molecule has 0 N–H and O–H groups in total. The number of ether oxygens (including phenoxy) is 3. The third-order valence-electron chi connectivity index (χ3n) is 8.04. The number of carbonyl (C=O) groups is 2. The number of carbonyl (C=O) groups excluding carboxylic acids is 2. The number of methoxy groups -OCH3 is 1. The fourth-order valence-electron chi connectivity index (χ4n) is 6.16. The predicted molar refractivity (Wildman–Crippen MR) is 138 cm³/mol. The maximum atomic E-state index is 12.6. The van der Waals surface area contributed by atoms with Gasteiger partial charge in [-0.3, -0.25) is 4.79 Å². The van der Waals surface area contributed by atoms with E-state index in [4.69, 9.17) is 14.2 Å². The summed E-state index contributed by atoms with van der Waals surface area (Å²) in [7, 11) is 1.38. The zero-order valence-electron chi connectivity index (χ0n) is 22.5. The van der Waals surface area contributed by atoms with Crippen LogP contribution in [0.15, 0.2) is 18.2 Å². The first-order valence-corrected chi connectivity index (χ1v) is 13.8. The average molecular weight is 487 g/mol. The standard InChI is InChI=1S/C30H46O5/c1-6-7-8-10-21(4)13-14-24-25-16-22-11-9-12-27(34-19-30(32)33-5)26(22)17-23(25)18-28(24)35-29(31)15-20(2)3/h9,11-12,20-21,23-25,28H,6-8,10,13-19H2,1-5H3/t21?,23-,24+,25-,28+/m0/s1. The highest BCUT2D eigenvalue weighted by Crippen LogP contribution is 2.49. The first-order valence-electron chi connectivity index (χ1n) is 13.8. The van der Waals surface area contributed by atoms with Gasteiger partial charge in [0.2, 0.25) is 0 Å². The van der Waals surface area contributed by atoms with Crippen molar-refractivity contribution in [1.82, 2.24) is 0 Å². The minimum atomic E-state index is -0.373. The lowest BCUT2D eigenvalue weighted by atomic mass is 9.73. The quantitative estimate of drug-likeness (QED) is 0.234. The van der Waals surface area contributed by atoms with E-state index in [0.717, 1.165) is 31.4 Å². The molecule has 5 atom stereocenters. The number of hydrogen-bond acceptors (Lipinski definition) is 5. The van der Waals surface area contributed by atoms with Crippen molar-refractivity contribution in [3.8, 4) is 5.75 Å². The van der Waals surface area contributed by atoms with Gasteiger partial charge in [-0.1, -0.05) is 71.9 Å². The van der Waals surface area contributed by atoms with Crippen molar-refractivity contribution in [1.29, 1.82) is 0 Å². The van der Waals surface area contributed by atoms with Gasteiger partial charge in [0.25, 0.3) is 0 Å². The Morgan fingerprint density at radius 2 is 1.86 bits per heavy atom. The van der Waals surface area contributed by atoms with Gasteiger partial charge in [0.15, 0.2) is 6.61 Å². The Hall–Kier alpha value is -2.04. The molecular weight excluding hydrogens is 440 g/mol. The van der Waals surface area contributed by atoms with Crippen molar-refractivity contribution in [3.05, 3.63) is 29.3 Å². The van der Waals surface area contributed by atoms with Crippen LogP contribution in [0, 0.1) is 29.6 Å². The lowest BCUT2D eigenvalue weighted by Gasteiger charge is -2.33. The largest absolute Gasteiger partial charge is 0.482 e. The molecule has 0 spiro atoms. The third-order valence-corrected chi connectivity index (χ3v) is 8.04. The van der Waals surface area contributed by atoms with Gasteiger partial charge in [-0.25, -0.2) is 4.79 Å². The molecule has 0 bridgehead atoms. The second-order valence-electron chi connectivity index (χ2n) is 11.3. The molecule has 1 fully saturated rings. The Morgan fingerprint density at radius 3 is 2.57 bits per heavy atom. The highest BCUT2D eigenvalue weighted by molar-refractivity contribution is 5.71. The Labute approximate surface area is 212 Å². The molecular formula is C30H46O5. The van der Waals surface area contributed by atoms with Crippen LogP contribution in [0.3, 0.4) is 0 Å². The van der Waals surface area contributed by atoms with Crippen LogP contribution in [0.2, 0.25) is 0 Å². The van der Waals surface area contributed by atoms with Gasteiger partial charge in [0.1, 0.15) is 11.9 Å². The van der Waals surface area contributed by atoms with E-state index in [1.807, 2.05) is 12.1 Å². The molecule has 0 amide bonds. The molecule has 1 unspecified atom stereocenters. The second kappa shape index (κ2) is 13.3. The lowest BCUT2D eigenvalue weighted by Crippen LogP contribution is -2.29. The highest BCUT2D eigenvalue weighted by atomic mass is 16.6. The minimum Gasteiger partial charge on any atom is -0.482 e. The topological polar surface area (TPSA) is 61.8 Å². The van der Waals surface area contributed by atoms with Crippen LogP contribution in [-0.2, 0) is 31.9 Å². The van der Waals surface area contributed by atoms with Crippen molar-refractivity contribution >= 4 is 11.9 Å². The zero-order valence-corrected chi connectivity index (χ0v) is 22.5. The Kier molecular flexibility index (Phi) is 10.5. The number of rotatable bonds is 13. The van der Waals surface area contributed by atoms with Crippen molar-refractivity contribution in [2.24, 2.45) is 29.6 Å². The molecule has 0 saturated heterocycles. The molecule has 0 heterocycles. The number of benzene rings is 1. The molecule has 2 aliphatic carbocycles. The van der Waals surface area contributed by atoms with Crippen LogP contribution in [0.4, 0.5) is 0 Å². The number of fused-ring (bicyclic) bond motifs is 2. The summed E-state index contributed by atoms with van der Waals surface area (Å²) in [6, 6.07) is 6.16. The summed E-state index contributed by atoms with van der Waals surface area (Å²) in [6.07, 6.45) is 10.8. The van der Waals surface area contributed by atoms with Crippen LogP contribution < -0.4 is 4.74 Å². The zero-order chi connectivity index (χ0) is 25.4. The molecule has 1 saturated carbocycles. The minimum absolute atomic E-state index is 0.00726. The van der Waals surface area contributed by atoms with E-state index in [9.17, 15) is 9.59 Å². The van der Waals surface area contributed by atoms with Gasteiger partial charge in [-0.15, -0.1) is 0 Å². The fraction of sp³-hybridized carbons (Fsp3) is 0.733. The van der Waals surface area contributed by atoms with Crippen LogP contribution >= 0.6 is 0 Å². The van der Waals surface area contributed by atoms with Gasteiger partial charge in [0.05, 0.1) is 7.11 Å². The smallest absolute Gasteiger partial charge is 0.343 e. The molecule has 0 aromatic heterocycles. The van der Waals surface area contributed by atoms with Crippen LogP contribution in [0.5, 0.6) is 5.75 Å². The van der Waals surface area contributed by atoms with Crippen LogP contribution in [0.1, 0.15) is 90.2 Å². The van der Waals surface area contributed by atoms with Crippen molar-refractivity contribution in [2.45, 2.75) is 98.0 Å². The molecule has 196 valence electrons. The van der Waals surface area contributed by atoms with Crippen LogP contribution in [0.25, 0.3) is 0 Å². The van der Waals surface area contributed by atoms with Crippen molar-refractivity contribution in [3.63, 3.8) is 0 Å². The summed E-state index contributed by atoms with van der Waals surface area (Å²) in [5.74, 6) is 2.79. The third kappa shape index (κ3) is 7.72. The lowest BCUT2D eigenvalue weighted by molar-refractivity contribution is -0.152. The molecule has 1 aromatic carbocycles. The Bertz CT molecular complexity index is 832. The molecule has 5 nitrogen and oxygen atoms in total. The van der Waals surface area contributed by atoms with Crippen LogP contribution in [-0.4, -0.2) is 31.8 Å². The summed E-state index contributed by atoms with van der Waals surface area (Å²) < 4.78 is 16.7. The molecule has 5 heteroatoms. The van der Waals surface area contributed by atoms with Crippen molar-refractivity contribution < 1.29 is 23.8 Å². The highest BCUT2D eigenvalue weighted by Gasteiger charge is 2.47. The Balaban J connectivity index is 1.73. The van der Waals surface area contributed by atoms with Gasteiger partial charge in [0, 0.05) is 6.42 Å². The normalized spacial score (nSPS) is 23.9. The molecule has 0 radical (unpaired) electrons. The molecule has 1 aromatic rings. The summed E-state index contributed by atoms with van der Waals surface area (Å²) >= 11 is 0. The first kappa shape index (κ1) is 27.5. The fourth-order valence-corrected chi connectivity index (χ4v) is 6.16. The Morgan fingerprint density at radius 1 is 1.06 bits per heavy atom. The van der Waals surface area contributed by atoms with E-state index in [2.05, 4.69) is 33.8 Å². The molecule has 2 aliphatic rings. The summed E-state index contributed by atoms with van der Waals surface area (Å²) in [4.78, 5) is 24.3. The maximum absolute atomic E-state index is 12.6. The van der Waals surface area contributed by atoms with E-state index in [1.165, 1.54) is 50.3 Å². The molecule has 3 rings (SSSR count). The SMILES string of the molecule is CCCCCC(C)CC[C@@H]1[C@H]2Cc3cccc(OCC(=O)OC)c3C[C@H]2C[C@H]1OC(=O)CC(C)C. The van der Waals surface area contributed by atoms with Gasteiger partial charge in [-0.2, -0.15) is 0 Å². The van der Waals surface area contributed by atoms with E-state index >= 15 is 0 Å². The molecule has 0 aliphatic heterocycles. The maximum Gasteiger partial charge on any atom is 0.343 e. The molecule has 35 heavy (non-hydrogen) atoms.